The number of nitro groups is 1. The molecule has 0 saturated heterocycles. The molecule has 0 heterocycles. The Bertz CT molecular complexity index is 475. The van der Waals surface area contributed by atoms with Crippen LogP contribution in [0.3, 0.4) is 0 Å². The predicted octanol–water partition coefficient (Wildman–Crippen LogP) is 3.20. The van der Waals surface area contributed by atoms with Crippen LogP contribution in [0.1, 0.15) is 35.7 Å². The Morgan fingerprint density at radius 1 is 1.47 bits per heavy atom. The summed E-state index contributed by atoms with van der Waals surface area (Å²) in [6, 6.07) is 4.40. The van der Waals surface area contributed by atoms with Crippen LogP contribution in [-0.4, -0.2) is 22.2 Å². The first-order valence-electron chi connectivity index (χ1n) is 6.08. The molecule has 0 fully saturated rings. The van der Waals surface area contributed by atoms with Gasteiger partial charge in [0, 0.05) is 29.1 Å². The third kappa shape index (κ3) is 5.38. The number of benzene rings is 1. The van der Waals surface area contributed by atoms with E-state index in [-0.39, 0.29) is 11.6 Å². The molecule has 1 amide bonds. The van der Waals surface area contributed by atoms with Gasteiger partial charge in [-0.15, -0.1) is 0 Å². The Hall–Kier alpha value is -1.43. The number of alkyl halides is 1. The molecule has 1 aromatic carbocycles. The molecule has 6 heteroatoms. The van der Waals surface area contributed by atoms with Crippen LogP contribution in [0.4, 0.5) is 5.69 Å². The van der Waals surface area contributed by atoms with Gasteiger partial charge in [0.15, 0.2) is 0 Å². The fraction of sp³-hybridized carbons (Fsp3) is 0.462. The van der Waals surface area contributed by atoms with Crippen molar-refractivity contribution < 1.29 is 9.72 Å². The van der Waals surface area contributed by atoms with Crippen molar-refractivity contribution in [1.29, 1.82) is 0 Å². The summed E-state index contributed by atoms with van der Waals surface area (Å²) >= 11 is 3.43. The first-order chi connectivity index (χ1) is 8.90. The normalized spacial score (nSPS) is 11.9. The van der Waals surface area contributed by atoms with Gasteiger partial charge in [-0.2, -0.15) is 0 Å². The summed E-state index contributed by atoms with van der Waals surface area (Å²) in [6.07, 6.45) is 1.83. The van der Waals surface area contributed by atoms with Crippen LogP contribution in [0.25, 0.3) is 0 Å². The van der Waals surface area contributed by atoms with Crippen LogP contribution < -0.4 is 5.32 Å². The first-order valence-corrected chi connectivity index (χ1v) is 7.00. The van der Waals surface area contributed by atoms with E-state index in [1.165, 1.54) is 12.1 Å². The van der Waals surface area contributed by atoms with E-state index in [9.17, 15) is 14.9 Å². The SMILES string of the molecule is Cc1cc(C(=O)NCCCC(C)Br)cc([N+](=O)[O-])c1. The average molecular weight is 329 g/mol. The molecule has 1 unspecified atom stereocenters. The van der Waals surface area contributed by atoms with Crippen molar-refractivity contribution in [2.75, 3.05) is 6.54 Å². The molecule has 104 valence electrons. The molecule has 0 aliphatic carbocycles. The van der Waals surface area contributed by atoms with Crippen molar-refractivity contribution in [2.24, 2.45) is 0 Å². The van der Waals surface area contributed by atoms with Gasteiger partial charge in [0.1, 0.15) is 0 Å². The fourth-order valence-corrected chi connectivity index (χ4v) is 2.01. The van der Waals surface area contributed by atoms with Gasteiger partial charge in [0.05, 0.1) is 4.92 Å². The molecule has 5 nitrogen and oxygen atoms in total. The van der Waals surface area contributed by atoms with Crippen LogP contribution in [0.5, 0.6) is 0 Å². The van der Waals surface area contributed by atoms with Gasteiger partial charge in [-0.05, 0) is 31.4 Å². The van der Waals surface area contributed by atoms with Crippen LogP contribution in [0, 0.1) is 17.0 Å². The first kappa shape index (κ1) is 15.6. The van der Waals surface area contributed by atoms with Crippen LogP contribution in [-0.2, 0) is 0 Å². The minimum Gasteiger partial charge on any atom is -0.352 e. The van der Waals surface area contributed by atoms with E-state index in [4.69, 9.17) is 0 Å². The van der Waals surface area contributed by atoms with E-state index in [2.05, 4.69) is 21.2 Å². The number of nitrogens with zero attached hydrogens (tertiary/aromatic N) is 1. The van der Waals surface area contributed by atoms with E-state index in [1.807, 2.05) is 6.92 Å². The Morgan fingerprint density at radius 3 is 2.74 bits per heavy atom. The van der Waals surface area contributed by atoms with Crippen molar-refractivity contribution >= 4 is 27.5 Å². The maximum Gasteiger partial charge on any atom is 0.270 e. The highest BCUT2D eigenvalue weighted by molar-refractivity contribution is 9.09. The topological polar surface area (TPSA) is 72.2 Å². The highest BCUT2D eigenvalue weighted by Gasteiger charge is 2.12. The zero-order valence-corrected chi connectivity index (χ0v) is 12.6. The van der Waals surface area contributed by atoms with E-state index < -0.39 is 4.92 Å². The zero-order chi connectivity index (χ0) is 14.4. The molecule has 0 aliphatic heterocycles. The molecular weight excluding hydrogens is 312 g/mol. The molecule has 1 aromatic rings. The second kappa shape index (κ2) is 7.23. The van der Waals surface area contributed by atoms with Crippen molar-refractivity contribution in [1.82, 2.24) is 5.32 Å². The molecule has 19 heavy (non-hydrogen) atoms. The summed E-state index contributed by atoms with van der Waals surface area (Å²) in [5, 5.41) is 13.5. The average Bonchev–Trinajstić information content (AvgIpc) is 2.33. The summed E-state index contributed by atoms with van der Waals surface area (Å²) in [7, 11) is 0. The van der Waals surface area contributed by atoms with Crippen LogP contribution in [0.2, 0.25) is 0 Å². The van der Waals surface area contributed by atoms with Gasteiger partial charge in [-0.3, -0.25) is 14.9 Å². The molecule has 0 saturated carbocycles. The van der Waals surface area contributed by atoms with Gasteiger partial charge in [-0.25, -0.2) is 0 Å². The summed E-state index contributed by atoms with van der Waals surface area (Å²) in [6.45, 7) is 4.35. The Labute approximate surface area is 120 Å². The Morgan fingerprint density at radius 2 is 2.16 bits per heavy atom. The number of hydrogen-bond donors (Lipinski definition) is 1. The summed E-state index contributed by atoms with van der Waals surface area (Å²) < 4.78 is 0. The second-order valence-electron chi connectivity index (χ2n) is 4.49. The van der Waals surface area contributed by atoms with Crippen molar-refractivity contribution in [3.8, 4) is 0 Å². The molecule has 0 radical (unpaired) electrons. The molecule has 1 N–H and O–H groups in total. The van der Waals surface area contributed by atoms with Gasteiger partial charge in [-0.1, -0.05) is 22.9 Å². The quantitative estimate of drug-likeness (QED) is 0.377. The lowest BCUT2D eigenvalue weighted by Gasteiger charge is -2.07. The summed E-state index contributed by atoms with van der Waals surface area (Å²) in [4.78, 5) is 22.5. The number of nitro benzene ring substituents is 1. The van der Waals surface area contributed by atoms with E-state index in [1.54, 1.807) is 13.0 Å². The molecule has 0 spiro atoms. The summed E-state index contributed by atoms with van der Waals surface area (Å²) in [5.41, 5.74) is 0.978. The number of amides is 1. The lowest BCUT2D eigenvalue weighted by atomic mass is 10.1. The highest BCUT2D eigenvalue weighted by atomic mass is 79.9. The number of non-ortho nitro benzene ring substituents is 1. The van der Waals surface area contributed by atoms with Crippen LogP contribution >= 0.6 is 15.9 Å². The molecule has 0 bridgehead atoms. The smallest absolute Gasteiger partial charge is 0.270 e. The van der Waals surface area contributed by atoms with Crippen molar-refractivity contribution in [3.63, 3.8) is 0 Å². The number of halogens is 1. The highest BCUT2D eigenvalue weighted by Crippen LogP contribution is 2.16. The van der Waals surface area contributed by atoms with Gasteiger partial charge in [0.2, 0.25) is 0 Å². The maximum absolute atomic E-state index is 11.9. The third-order valence-corrected chi connectivity index (χ3v) is 3.06. The Balaban J connectivity index is 2.64. The maximum atomic E-state index is 11.9. The minimum absolute atomic E-state index is 0.0563. The molecule has 1 rings (SSSR count). The molecule has 0 aliphatic rings. The van der Waals surface area contributed by atoms with Crippen molar-refractivity contribution in [3.05, 3.63) is 39.4 Å². The zero-order valence-electron chi connectivity index (χ0n) is 11.0. The number of aryl methyl sites for hydroxylation is 1. The fourth-order valence-electron chi connectivity index (χ4n) is 1.69. The third-order valence-electron chi connectivity index (χ3n) is 2.60. The van der Waals surface area contributed by atoms with Gasteiger partial charge in [0.25, 0.3) is 11.6 Å². The van der Waals surface area contributed by atoms with E-state index >= 15 is 0 Å². The van der Waals surface area contributed by atoms with Crippen LogP contribution in [0.15, 0.2) is 18.2 Å². The van der Waals surface area contributed by atoms with E-state index in [0.29, 0.717) is 22.5 Å². The predicted molar refractivity (Wildman–Crippen MR) is 77.8 cm³/mol. The van der Waals surface area contributed by atoms with E-state index in [0.717, 1.165) is 12.8 Å². The second-order valence-corrected chi connectivity index (χ2v) is 6.06. The number of rotatable bonds is 6. The standard InChI is InChI=1S/C13H17BrN2O3/c1-9-6-11(8-12(7-9)16(18)19)13(17)15-5-3-4-10(2)14/h6-8,10H,3-5H2,1-2H3,(H,15,17). The number of carbonyl (C=O) groups excluding carboxylic acids is 1. The molecule has 0 aromatic heterocycles. The number of carbonyl (C=O) groups is 1. The minimum atomic E-state index is -0.490. The number of nitrogens with one attached hydrogen (secondary N) is 1. The lowest BCUT2D eigenvalue weighted by Crippen LogP contribution is -2.24. The molecular formula is C13H17BrN2O3. The number of hydrogen-bond acceptors (Lipinski definition) is 3. The molecule has 1 atom stereocenters. The van der Waals surface area contributed by atoms with Gasteiger partial charge < -0.3 is 5.32 Å². The summed E-state index contributed by atoms with van der Waals surface area (Å²) in [5.74, 6) is -0.269. The van der Waals surface area contributed by atoms with Crippen molar-refractivity contribution in [2.45, 2.75) is 31.5 Å². The monoisotopic (exact) mass is 328 g/mol. The largest absolute Gasteiger partial charge is 0.352 e. The lowest BCUT2D eigenvalue weighted by molar-refractivity contribution is -0.384. The Kier molecular flexibility index (Phi) is 5.95. The van der Waals surface area contributed by atoms with Gasteiger partial charge >= 0.3 is 0 Å².